The number of ketones is 1. The Labute approximate surface area is 126 Å². The largest absolute Gasteiger partial charge is 0.301 e. The number of carbonyl (C=O) groups excluding carboxylic acids is 1. The van der Waals surface area contributed by atoms with Gasteiger partial charge in [-0.1, -0.05) is 23.2 Å². The van der Waals surface area contributed by atoms with Crippen LogP contribution in [0.4, 0.5) is 5.69 Å². The van der Waals surface area contributed by atoms with Gasteiger partial charge in [-0.2, -0.15) is 0 Å². The number of Topliss-reactive ketones (excluding diaryl/α,β-unsaturated/α-hetero) is 1. The van der Waals surface area contributed by atoms with E-state index in [0.29, 0.717) is 4.34 Å². The molecule has 0 aliphatic carbocycles. The van der Waals surface area contributed by atoms with Crippen LogP contribution in [-0.4, -0.2) is 15.3 Å². The molecular weight excluding hydrogens is 327 g/mol. The minimum Gasteiger partial charge on any atom is -0.301 e. The lowest BCUT2D eigenvalue weighted by Gasteiger charge is -2.03. The van der Waals surface area contributed by atoms with Gasteiger partial charge in [-0.15, -0.1) is 11.3 Å². The number of pyridine rings is 1. The van der Waals surface area contributed by atoms with Crippen LogP contribution >= 0.6 is 34.5 Å². The third-order valence-electron chi connectivity index (χ3n) is 2.45. The minimum atomic E-state index is -0.644. The number of nitrogens with zero attached hydrogens (tertiary/aromatic N) is 2. The molecule has 0 N–H and O–H groups in total. The summed E-state index contributed by atoms with van der Waals surface area (Å²) < 4.78 is 1.53. The summed E-state index contributed by atoms with van der Waals surface area (Å²) in [6.07, 6.45) is 1.02. The monoisotopic (exact) mass is 332 g/mol. The van der Waals surface area contributed by atoms with Crippen molar-refractivity contribution in [2.45, 2.75) is 6.54 Å². The van der Waals surface area contributed by atoms with Gasteiger partial charge in [0.15, 0.2) is 5.78 Å². The van der Waals surface area contributed by atoms with Crippen molar-refractivity contribution in [3.63, 3.8) is 0 Å². The summed E-state index contributed by atoms with van der Waals surface area (Å²) in [5, 5.41) is 10.6. The molecule has 0 bridgehead atoms. The number of hydrogen-bond acceptors (Lipinski definition) is 5. The van der Waals surface area contributed by atoms with E-state index in [1.807, 2.05) is 0 Å². The zero-order valence-corrected chi connectivity index (χ0v) is 12.0. The van der Waals surface area contributed by atoms with Crippen LogP contribution in [0.2, 0.25) is 8.67 Å². The van der Waals surface area contributed by atoms with Gasteiger partial charge in [0.25, 0.3) is 11.2 Å². The molecule has 2 heterocycles. The standard InChI is InChI=1S/C11H6Cl2N2O4S/c12-9-3-7(11(13)20-9)8(16)5-14-4-6(15(18)19)1-2-10(14)17/h1-4H,5H2. The van der Waals surface area contributed by atoms with E-state index in [0.717, 1.165) is 34.2 Å². The summed E-state index contributed by atoms with van der Waals surface area (Å²) in [7, 11) is 0. The molecule has 104 valence electrons. The van der Waals surface area contributed by atoms with Gasteiger partial charge in [0, 0.05) is 12.1 Å². The minimum absolute atomic E-state index is 0.195. The molecule has 0 aromatic carbocycles. The van der Waals surface area contributed by atoms with E-state index >= 15 is 0 Å². The lowest BCUT2D eigenvalue weighted by atomic mass is 10.2. The number of nitro groups is 1. The van der Waals surface area contributed by atoms with Crippen LogP contribution in [-0.2, 0) is 6.54 Å². The van der Waals surface area contributed by atoms with Crippen molar-refractivity contribution < 1.29 is 9.72 Å². The molecule has 6 nitrogen and oxygen atoms in total. The van der Waals surface area contributed by atoms with Crippen LogP contribution in [0.15, 0.2) is 29.2 Å². The van der Waals surface area contributed by atoms with Gasteiger partial charge in [-0.3, -0.25) is 19.7 Å². The summed E-state index contributed by atoms with van der Waals surface area (Å²) in [5.41, 5.74) is -0.590. The maximum Gasteiger partial charge on any atom is 0.285 e. The second kappa shape index (κ2) is 5.74. The summed E-state index contributed by atoms with van der Waals surface area (Å²) in [4.78, 5) is 33.6. The molecule has 0 amide bonds. The fourth-order valence-corrected chi connectivity index (χ4v) is 3.02. The SMILES string of the molecule is O=C(Cn1cc([N+](=O)[O-])ccc1=O)c1cc(Cl)sc1Cl. The highest BCUT2D eigenvalue weighted by atomic mass is 35.5. The summed E-state index contributed by atoms with van der Waals surface area (Å²) in [6.45, 7) is -0.340. The second-order valence-corrected chi connectivity index (χ2v) is 6.06. The van der Waals surface area contributed by atoms with Crippen molar-refractivity contribution in [2.24, 2.45) is 0 Å². The van der Waals surface area contributed by atoms with E-state index in [9.17, 15) is 19.7 Å². The Morgan fingerprint density at radius 3 is 2.65 bits per heavy atom. The van der Waals surface area contributed by atoms with E-state index in [-0.39, 0.29) is 22.1 Å². The highest BCUT2D eigenvalue weighted by Crippen LogP contribution is 2.31. The van der Waals surface area contributed by atoms with Gasteiger partial charge in [0.2, 0.25) is 0 Å². The second-order valence-electron chi connectivity index (χ2n) is 3.77. The molecule has 0 saturated heterocycles. The summed E-state index contributed by atoms with van der Waals surface area (Å²) in [5.74, 6) is -0.444. The zero-order chi connectivity index (χ0) is 14.9. The first-order valence-electron chi connectivity index (χ1n) is 5.21. The van der Waals surface area contributed by atoms with E-state index in [2.05, 4.69) is 0 Å². The molecule has 0 saturated carbocycles. The fraction of sp³-hybridized carbons (Fsp3) is 0.0909. The molecule has 0 radical (unpaired) electrons. The Kier molecular flexibility index (Phi) is 4.22. The van der Waals surface area contributed by atoms with Crippen molar-refractivity contribution in [3.05, 3.63) is 59.1 Å². The molecule has 0 unspecified atom stereocenters. The third kappa shape index (κ3) is 3.06. The molecule has 9 heteroatoms. The van der Waals surface area contributed by atoms with Crippen LogP contribution in [0.5, 0.6) is 0 Å². The van der Waals surface area contributed by atoms with Gasteiger partial charge in [0.1, 0.15) is 4.34 Å². The molecule has 0 aliphatic heterocycles. The van der Waals surface area contributed by atoms with Gasteiger partial charge < -0.3 is 4.57 Å². The molecule has 2 aromatic rings. The Bertz CT molecular complexity index is 753. The highest BCUT2D eigenvalue weighted by molar-refractivity contribution is 7.20. The third-order valence-corrected chi connectivity index (χ3v) is 3.94. The summed E-state index contributed by atoms with van der Waals surface area (Å²) >= 11 is 12.6. The molecule has 20 heavy (non-hydrogen) atoms. The van der Waals surface area contributed by atoms with Gasteiger partial charge >= 0.3 is 0 Å². The number of thiophene rings is 1. The quantitative estimate of drug-likeness (QED) is 0.489. The lowest BCUT2D eigenvalue weighted by Crippen LogP contribution is -2.23. The van der Waals surface area contributed by atoms with Crippen LogP contribution in [0.25, 0.3) is 0 Å². The molecule has 2 aromatic heterocycles. The number of rotatable bonds is 4. The van der Waals surface area contributed by atoms with E-state index in [4.69, 9.17) is 23.2 Å². The van der Waals surface area contributed by atoms with Crippen molar-refractivity contribution in [1.82, 2.24) is 4.57 Å². The first-order chi connectivity index (χ1) is 9.38. The average molecular weight is 333 g/mol. The first-order valence-corrected chi connectivity index (χ1v) is 6.78. The Hall–Kier alpha value is -1.70. The van der Waals surface area contributed by atoms with Crippen LogP contribution in [0, 0.1) is 10.1 Å². The van der Waals surface area contributed by atoms with Gasteiger partial charge in [0.05, 0.1) is 27.6 Å². The number of halogens is 2. The Morgan fingerprint density at radius 1 is 1.40 bits per heavy atom. The number of hydrogen-bond donors (Lipinski definition) is 0. The smallest absolute Gasteiger partial charge is 0.285 e. The Morgan fingerprint density at radius 2 is 2.10 bits per heavy atom. The Balaban J connectivity index is 2.32. The molecule has 2 rings (SSSR count). The predicted octanol–water partition coefficient (Wildman–Crippen LogP) is 3.01. The van der Waals surface area contributed by atoms with Crippen molar-refractivity contribution in [1.29, 1.82) is 0 Å². The molecule has 0 aliphatic rings. The van der Waals surface area contributed by atoms with Crippen LogP contribution in [0.1, 0.15) is 10.4 Å². The molecule has 0 atom stereocenters. The predicted molar refractivity (Wildman–Crippen MR) is 76.0 cm³/mol. The topological polar surface area (TPSA) is 82.2 Å². The van der Waals surface area contributed by atoms with E-state index in [1.165, 1.54) is 6.07 Å². The average Bonchev–Trinajstić information content (AvgIpc) is 2.71. The number of aromatic nitrogens is 1. The van der Waals surface area contributed by atoms with Gasteiger partial charge in [-0.25, -0.2) is 0 Å². The van der Waals surface area contributed by atoms with Crippen LogP contribution < -0.4 is 5.56 Å². The summed E-state index contributed by atoms with van der Waals surface area (Å²) in [6, 6.07) is 3.52. The maximum absolute atomic E-state index is 12.0. The number of carbonyl (C=O) groups is 1. The highest BCUT2D eigenvalue weighted by Gasteiger charge is 2.16. The zero-order valence-electron chi connectivity index (χ0n) is 9.71. The van der Waals surface area contributed by atoms with Crippen molar-refractivity contribution >= 4 is 46.0 Å². The normalized spacial score (nSPS) is 10.5. The first kappa shape index (κ1) is 14.7. The fourth-order valence-electron chi connectivity index (χ4n) is 1.52. The molecule has 0 spiro atoms. The van der Waals surface area contributed by atoms with Crippen LogP contribution in [0.3, 0.4) is 0 Å². The van der Waals surface area contributed by atoms with E-state index in [1.54, 1.807) is 0 Å². The molecular formula is C11H6Cl2N2O4S. The van der Waals surface area contributed by atoms with Crippen molar-refractivity contribution in [2.75, 3.05) is 0 Å². The lowest BCUT2D eigenvalue weighted by molar-refractivity contribution is -0.385. The van der Waals surface area contributed by atoms with E-state index < -0.39 is 16.3 Å². The van der Waals surface area contributed by atoms with Gasteiger partial charge in [-0.05, 0) is 6.07 Å². The molecule has 0 fully saturated rings. The van der Waals surface area contributed by atoms with Crippen molar-refractivity contribution in [3.8, 4) is 0 Å². The maximum atomic E-state index is 12.0.